The molecule has 1 aromatic heterocycles. The second-order valence-corrected chi connectivity index (χ2v) is 5.58. The number of halogens is 1. The third kappa shape index (κ3) is 4.28. The Labute approximate surface area is 149 Å². The van der Waals surface area contributed by atoms with Crippen LogP contribution in [0, 0.1) is 0 Å². The van der Waals surface area contributed by atoms with Crippen LogP contribution in [0.3, 0.4) is 0 Å². The number of furan rings is 1. The standard InChI is InChI=1S/C19H15ClN2O3/c1-24-16-4-2-3-14(11-16)19(23)22-21-12-17-9-10-18(25-17)13-5-7-15(20)8-6-13/h2-12H,1H3,(H,22,23)/b21-12+. The number of hydrazone groups is 1. The summed E-state index contributed by atoms with van der Waals surface area (Å²) in [4.78, 5) is 12.0. The molecule has 3 rings (SSSR count). The Hall–Kier alpha value is -3.05. The van der Waals surface area contributed by atoms with Crippen LogP contribution in [0.2, 0.25) is 5.02 Å². The number of methoxy groups -OCH3 is 1. The van der Waals surface area contributed by atoms with Gasteiger partial charge in [-0.2, -0.15) is 5.10 Å². The average molecular weight is 355 g/mol. The zero-order valence-electron chi connectivity index (χ0n) is 13.4. The molecule has 0 saturated heterocycles. The van der Waals surface area contributed by atoms with Gasteiger partial charge in [0.05, 0.1) is 13.3 Å². The van der Waals surface area contributed by atoms with Gasteiger partial charge in [0.2, 0.25) is 0 Å². The van der Waals surface area contributed by atoms with E-state index in [0.717, 1.165) is 5.56 Å². The van der Waals surface area contributed by atoms with Crippen molar-refractivity contribution in [1.82, 2.24) is 5.43 Å². The molecule has 0 unspecified atom stereocenters. The molecule has 1 amide bonds. The van der Waals surface area contributed by atoms with Crippen molar-refractivity contribution in [3.8, 4) is 17.1 Å². The Morgan fingerprint density at radius 3 is 2.72 bits per heavy atom. The summed E-state index contributed by atoms with van der Waals surface area (Å²) >= 11 is 5.87. The summed E-state index contributed by atoms with van der Waals surface area (Å²) in [6.45, 7) is 0. The molecule has 0 saturated carbocycles. The Morgan fingerprint density at radius 2 is 1.96 bits per heavy atom. The Bertz CT molecular complexity index is 901. The number of amides is 1. The van der Waals surface area contributed by atoms with Crippen molar-refractivity contribution in [2.24, 2.45) is 5.10 Å². The van der Waals surface area contributed by atoms with Crippen molar-refractivity contribution >= 4 is 23.7 Å². The molecule has 1 N–H and O–H groups in total. The van der Waals surface area contributed by atoms with Crippen LogP contribution in [-0.2, 0) is 0 Å². The SMILES string of the molecule is COc1cccc(C(=O)N/N=C/c2ccc(-c3ccc(Cl)cc3)o2)c1. The first-order chi connectivity index (χ1) is 12.2. The summed E-state index contributed by atoms with van der Waals surface area (Å²) in [7, 11) is 1.55. The molecule has 1 heterocycles. The van der Waals surface area contributed by atoms with E-state index in [-0.39, 0.29) is 5.91 Å². The first-order valence-electron chi connectivity index (χ1n) is 7.49. The number of nitrogens with zero attached hydrogens (tertiary/aromatic N) is 1. The molecule has 0 radical (unpaired) electrons. The molecule has 2 aromatic carbocycles. The van der Waals surface area contributed by atoms with Gasteiger partial charge < -0.3 is 9.15 Å². The molecule has 0 aliphatic rings. The van der Waals surface area contributed by atoms with E-state index in [1.165, 1.54) is 6.21 Å². The van der Waals surface area contributed by atoms with Crippen molar-refractivity contribution in [3.05, 3.63) is 77.0 Å². The van der Waals surface area contributed by atoms with E-state index >= 15 is 0 Å². The zero-order chi connectivity index (χ0) is 17.6. The number of nitrogens with one attached hydrogen (secondary N) is 1. The third-order valence-electron chi connectivity index (χ3n) is 3.45. The molecular formula is C19H15ClN2O3. The van der Waals surface area contributed by atoms with Crippen LogP contribution in [0.15, 0.2) is 70.2 Å². The smallest absolute Gasteiger partial charge is 0.271 e. The third-order valence-corrected chi connectivity index (χ3v) is 3.70. The summed E-state index contributed by atoms with van der Waals surface area (Å²) in [5.41, 5.74) is 3.82. The summed E-state index contributed by atoms with van der Waals surface area (Å²) in [5.74, 6) is 1.49. The van der Waals surface area contributed by atoms with E-state index in [4.69, 9.17) is 20.8 Å². The van der Waals surface area contributed by atoms with Crippen LogP contribution in [-0.4, -0.2) is 19.2 Å². The van der Waals surface area contributed by atoms with E-state index in [0.29, 0.717) is 27.9 Å². The predicted molar refractivity (Wildman–Crippen MR) is 97.2 cm³/mol. The van der Waals surface area contributed by atoms with E-state index in [2.05, 4.69) is 10.5 Å². The monoisotopic (exact) mass is 354 g/mol. The van der Waals surface area contributed by atoms with Gasteiger partial charge in [-0.05, 0) is 54.6 Å². The lowest BCUT2D eigenvalue weighted by Gasteiger charge is -2.02. The molecule has 6 heteroatoms. The largest absolute Gasteiger partial charge is 0.497 e. The number of ether oxygens (including phenoxy) is 1. The summed E-state index contributed by atoms with van der Waals surface area (Å²) in [6.07, 6.45) is 1.44. The second-order valence-electron chi connectivity index (χ2n) is 5.14. The van der Waals surface area contributed by atoms with Crippen molar-refractivity contribution in [2.45, 2.75) is 0 Å². The van der Waals surface area contributed by atoms with Crippen LogP contribution >= 0.6 is 11.6 Å². The molecule has 3 aromatic rings. The van der Waals surface area contributed by atoms with Gasteiger partial charge in [0.25, 0.3) is 5.91 Å². The van der Waals surface area contributed by atoms with Crippen LogP contribution in [0.4, 0.5) is 0 Å². The molecule has 0 fully saturated rings. The van der Waals surface area contributed by atoms with E-state index < -0.39 is 0 Å². The highest BCUT2D eigenvalue weighted by Gasteiger charge is 2.06. The fourth-order valence-corrected chi connectivity index (χ4v) is 2.30. The van der Waals surface area contributed by atoms with Gasteiger partial charge in [0.15, 0.2) is 0 Å². The normalized spacial score (nSPS) is 10.8. The molecule has 25 heavy (non-hydrogen) atoms. The van der Waals surface area contributed by atoms with Crippen molar-refractivity contribution in [3.63, 3.8) is 0 Å². The van der Waals surface area contributed by atoms with Gasteiger partial charge >= 0.3 is 0 Å². The minimum absolute atomic E-state index is 0.334. The highest BCUT2D eigenvalue weighted by molar-refractivity contribution is 6.30. The second kappa shape index (κ2) is 7.68. The Kier molecular flexibility index (Phi) is 5.16. The number of rotatable bonds is 5. The van der Waals surface area contributed by atoms with E-state index in [9.17, 15) is 4.79 Å². The van der Waals surface area contributed by atoms with Crippen molar-refractivity contribution in [2.75, 3.05) is 7.11 Å². The van der Waals surface area contributed by atoms with Crippen LogP contribution in [0.1, 0.15) is 16.1 Å². The average Bonchev–Trinajstić information content (AvgIpc) is 3.11. The summed E-state index contributed by atoms with van der Waals surface area (Å²) in [5, 5.41) is 4.58. The number of hydrogen-bond donors (Lipinski definition) is 1. The van der Waals surface area contributed by atoms with Gasteiger partial charge in [-0.1, -0.05) is 17.7 Å². The highest BCUT2D eigenvalue weighted by Crippen LogP contribution is 2.23. The van der Waals surface area contributed by atoms with Gasteiger partial charge in [0, 0.05) is 16.1 Å². The zero-order valence-corrected chi connectivity index (χ0v) is 14.2. The number of benzene rings is 2. The number of carbonyl (C=O) groups is 1. The van der Waals surface area contributed by atoms with Gasteiger partial charge in [0.1, 0.15) is 17.3 Å². The molecular weight excluding hydrogens is 340 g/mol. The Morgan fingerprint density at radius 1 is 1.16 bits per heavy atom. The van der Waals surface area contributed by atoms with Crippen molar-refractivity contribution in [1.29, 1.82) is 0 Å². The van der Waals surface area contributed by atoms with Crippen LogP contribution in [0.25, 0.3) is 11.3 Å². The minimum Gasteiger partial charge on any atom is -0.497 e. The predicted octanol–water partition coefficient (Wildman–Crippen LogP) is 4.37. The number of hydrogen-bond acceptors (Lipinski definition) is 4. The lowest BCUT2D eigenvalue weighted by atomic mass is 10.2. The lowest BCUT2D eigenvalue weighted by molar-refractivity contribution is 0.0955. The lowest BCUT2D eigenvalue weighted by Crippen LogP contribution is -2.17. The van der Waals surface area contributed by atoms with Gasteiger partial charge in [-0.25, -0.2) is 5.43 Å². The topological polar surface area (TPSA) is 63.8 Å². The Balaban J connectivity index is 1.64. The van der Waals surface area contributed by atoms with Crippen molar-refractivity contribution < 1.29 is 13.9 Å². The fraction of sp³-hybridized carbons (Fsp3) is 0.0526. The van der Waals surface area contributed by atoms with Gasteiger partial charge in [-0.15, -0.1) is 0 Å². The maximum Gasteiger partial charge on any atom is 0.271 e. The molecule has 0 aliphatic heterocycles. The number of carbonyl (C=O) groups excluding carboxylic acids is 1. The molecule has 0 atom stereocenters. The molecule has 126 valence electrons. The van der Waals surface area contributed by atoms with E-state index in [1.54, 1.807) is 49.6 Å². The maximum atomic E-state index is 12.0. The summed E-state index contributed by atoms with van der Waals surface area (Å²) in [6, 6.07) is 17.7. The minimum atomic E-state index is -0.334. The first-order valence-corrected chi connectivity index (χ1v) is 7.87. The molecule has 0 bridgehead atoms. The van der Waals surface area contributed by atoms with Crippen LogP contribution in [0.5, 0.6) is 5.75 Å². The fourth-order valence-electron chi connectivity index (χ4n) is 2.17. The molecule has 5 nitrogen and oxygen atoms in total. The molecule has 0 spiro atoms. The van der Waals surface area contributed by atoms with E-state index in [1.807, 2.05) is 18.2 Å². The highest BCUT2D eigenvalue weighted by atomic mass is 35.5. The quantitative estimate of drug-likeness (QED) is 0.546. The van der Waals surface area contributed by atoms with Gasteiger partial charge in [-0.3, -0.25) is 4.79 Å². The van der Waals surface area contributed by atoms with Crippen LogP contribution < -0.4 is 10.2 Å². The molecule has 0 aliphatic carbocycles. The summed E-state index contributed by atoms with van der Waals surface area (Å²) < 4.78 is 10.8. The maximum absolute atomic E-state index is 12.0. The first kappa shape index (κ1) is 16.8.